The Hall–Kier alpha value is -4.48. The van der Waals surface area contributed by atoms with Crippen LogP contribution in [0, 0.1) is 17.1 Å². The van der Waals surface area contributed by atoms with Gasteiger partial charge in [0.05, 0.1) is 30.7 Å². The number of benzene rings is 2. The normalized spacial score (nSPS) is 15.2. The number of nitriles is 1. The first-order valence-corrected chi connectivity index (χ1v) is 11.5. The molecule has 1 amide bonds. The monoisotopic (exact) mass is 482 g/mol. The number of furan rings is 2. The fourth-order valence-corrected chi connectivity index (χ4v) is 4.30. The Balaban J connectivity index is 1.40. The molecule has 180 valence electrons. The van der Waals surface area contributed by atoms with E-state index in [1.54, 1.807) is 42.9 Å². The second-order valence-corrected chi connectivity index (χ2v) is 8.58. The molecule has 0 bridgehead atoms. The van der Waals surface area contributed by atoms with Gasteiger partial charge >= 0.3 is 0 Å². The highest BCUT2D eigenvalue weighted by Gasteiger charge is 2.36. The van der Waals surface area contributed by atoms with Crippen LogP contribution in [-0.4, -0.2) is 28.1 Å². The number of carbonyl (C=O) groups excluding carboxylic acids is 1. The predicted molar refractivity (Wildman–Crippen MR) is 130 cm³/mol. The average molecular weight is 483 g/mol. The topological polar surface area (TPSA) is 86.0 Å². The minimum absolute atomic E-state index is 0.0443. The van der Waals surface area contributed by atoms with Gasteiger partial charge in [-0.3, -0.25) is 9.69 Å². The second kappa shape index (κ2) is 10.4. The van der Waals surface area contributed by atoms with Crippen molar-refractivity contribution in [2.24, 2.45) is 5.10 Å². The zero-order chi connectivity index (χ0) is 24.9. The third-order valence-corrected chi connectivity index (χ3v) is 5.99. The van der Waals surface area contributed by atoms with Crippen molar-refractivity contribution in [1.29, 1.82) is 5.26 Å². The molecule has 1 unspecified atom stereocenters. The van der Waals surface area contributed by atoms with E-state index < -0.39 is 6.04 Å². The molecule has 2 aromatic heterocycles. The molecular weight excluding hydrogens is 459 g/mol. The summed E-state index contributed by atoms with van der Waals surface area (Å²) < 4.78 is 25.0. The summed E-state index contributed by atoms with van der Waals surface area (Å²) in [7, 11) is 0. The van der Waals surface area contributed by atoms with Gasteiger partial charge in [0.2, 0.25) is 0 Å². The number of halogens is 1. The van der Waals surface area contributed by atoms with Crippen LogP contribution in [0.4, 0.5) is 4.39 Å². The van der Waals surface area contributed by atoms with Crippen molar-refractivity contribution < 1.29 is 18.0 Å². The number of amides is 1. The first kappa shape index (κ1) is 23.3. The summed E-state index contributed by atoms with van der Waals surface area (Å²) in [6.45, 7) is 0.835. The van der Waals surface area contributed by atoms with E-state index in [9.17, 15) is 9.18 Å². The molecule has 8 heteroatoms. The molecule has 0 N–H and O–H groups in total. The van der Waals surface area contributed by atoms with Crippen molar-refractivity contribution in [3.63, 3.8) is 0 Å². The van der Waals surface area contributed by atoms with Crippen LogP contribution in [0.15, 0.2) is 99.3 Å². The lowest BCUT2D eigenvalue weighted by molar-refractivity contribution is -0.134. The summed E-state index contributed by atoms with van der Waals surface area (Å²) in [6, 6.07) is 22.5. The molecule has 0 fully saturated rings. The van der Waals surface area contributed by atoms with E-state index >= 15 is 0 Å². The molecule has 36 heavy (non-hydrogen) atoms. The van der Waals surface area contributed by atoms with Gasteiger partial charge in [0.1, 0.15) is 29.1 Å². The average Bonchev–Trinajstić information content (AvgIpc) is 3.66. The van der Waals surface area contributed by atoms with E-state index in [1.165, 1.54) is 17.1 Å². The number of carbonyl (C=O) groups is 1. The minimum Gasteiger partial charge on any atom is -0.467 e. The van der Waals surface area contributed by atoms with Crippen LogP contribution >= 0.6 is 0 Å². The van der Waals surface area contributed by atoms with E-state index in [1.807, 2.05) is 35.2 Å². The number of nitrogens with zero attached hydrogens (tertiary/aromatic N) is 4. The molecule has 7 nitrogen and oxygen atoms in total. The Morgan fingerprint density at radius 1 is 1.03 bits per heavy atom. The van der Waals surface area contributed by atoms with E-state index in [4.69, 9.17) is 14.1 Å². The van der Waals surface area contributed by atoms with Crippen molar-refractivity contribution in [2.45, 2.75) is 25.6 Å². The smallest absolute Gasteiger partial charge is 0.257 e. The lowest BCUT2D eigenvalue weighted by atomic mass is 10.1. The molecule has 5 rings (SSSR count). The lowest BCUT2D eigenvalue weighted by Crippen LogP contribution is -2.37. The molecule has 0 saturated carbocycles. The zero-order valence-electron chi connectivity index (χ0n) is 19.4. The highest BCUT2D eigenvalue weighted by Crippen LogP contribution is 2.33. The third kappa shape index (κ3) is 5.27. The van der Waals surface area contributed by atoms with E-state index in [-0.39, 0.29) is 18.3 Å². The Labute approximate surface area is 207 Å². The SMILES string of the molecule is N#Cc1ccc(CN(CC(=O)N2N=C(c3ccco3)CC2c2ccco2)Cc2cccc(F)c2)cc1. The molecule has 1 atom stereocenters. The van der Waals surface area contributed by atoms with Crippen molar-refractivity contribution in [3.05, 3.63) is 119 Å². The molecule has 2 aromatic carbocycles. The lowest BCUT2D eigenvalue weighted by Gasteiger charge is -2.26. The van der Waals surface area contributed by atoms with Gasteiger partial charge in [-0.15, -0.1) is 0 Å². The van der Waals surface area contributed by atoms with Crippen LogP contribution in [0.1, 0.15) is 40.7 Å². The maximum absolute atomic E-state index is 13.9. The van der Waals surface area contributed by atoms with Crippen LogP contribution in [0.5, 0.6) is 0 Å². The summed E-state index contributed by atoms with van der Waals surface area (Å²) in [4.78, 5) is 15.5. The maximum Gasteiger partial charge on any atom is 0.257 e. The van der Waals surface area contributed by atoms with Gasteiger partial charge in [-0.1, -0.05) is 24.3 Å². The highest BCUT2D eigenvalue weighted by molar-refractivity contribution is 6.01. The summed E-state index contributed by atoms with van der Waals surface area (Å²) in [6.07, 6.45) is 3.61. The van der Waals surface area contributed by atoms with E-state index in [0.717, 1.165) is 11.1 Å². The van der Waals surface area contributed by atoms with E-state index in [0.29, 0.717) is 42.3 Å². The van der Waals surface area contributed by atoms with Crippen LogP contribution in [0.2, 0.25) is 0 Å². The Morgan fingerprint density at radius 3 is 2.50 bits per heavy atom. The summed E-state index contributed by atoms with van der Waals surface area (Å²) in [5.41, 5.74) is 2.91. The van der Waals surface area contributed by atoms with Crippen molar-refractivity contribution in [2.75, 3.05) is 6.54 Å². The Bertz CT molecular complexity index is 1390. The summed E-state index contributed by atoms with van der Waals surface area (Å²) >= 11 is 0. The van der Waals surface area contributed by atoms with Gasteiger partial charge in [-0.2, -0.15) is 10.4 Å². The van der Waals surface area contributed by atoms with Crippen molar-refractivity contribution in [1.82, 2.24) is 9.91 Å². The van der Waals surface area contributed by atoms with Gasteiger partial charge in [0.25, 0.3) is 5.91 Å². The van der Waals surface area contributed by atoms with Crippen LogP contribution in [-0.2, 0) is 17.9 Å². The van der Waals surface area contributed by atoms with Crippen molar-refractivity contribution in [3.8, 4) is 6.07 Å². The number of hydrogen-bond donors (Lipinski definition) is 0. The van der Waals surface area contributed by atoms with Crippen LogP contribution in [0.25, 0.3) is 0 Å². The largest absolute Gasteiger partial charge is 0.467 e. The van der Waals surface area contributed by atoms with Gasteiger partial charge in [0.15, 0.2) is 0 Å². The molecule has 4 aromatic rings. The number of rotatable bonds is 8. The minimum atomic E-state index is -0.390. The van der Waals surface area contributed by atoms with Gasteiger partial charge in [-0.25, -0.2) is 9.40 Å². The number of hydrogen-bond acceptors (Lipinski definition) is 6. The fraction of sp³-hybridized carbons (Fsp3) is 0.179. The first-order valence-electron chi connectivity index (χ1n) is 11.5. The van der Waals surface area contributed by atoms with Crippen LogP contribution < -0.4 is 0 Å². The highest BCUT2D eigenvalue weighted by atomic mass is 19.1. The molecule has 1 aliphatic heterocycles. The first-order chi connectivity index (χ1) is 17.6. The zero-order valence-corrected chi connectivity index (χ0v) is 19.4. The fourth-order valence-electron chi connectivity index (χ4n) is 4.30. The molecule has 0 saturated heterocycles. The van der Waals surface area contributed by atoms with Crippen LogP contribution in [0.3, 0.4) is 0 Å². The second-order valence-electron chi connectivity index (χ2n) is 8.58. The predicted octanol–water partition coefficient (Wildman–Crippen LogP) is 5.26. The van der Waals surface area contributed by atoms with E-state index in [2.05, 4.69) is 11.2 Å². The third-order valence-electron chi connectivity index (χ3n) is 5.99. The molecule has 0 aliphatic carbocycles. The standard InChI is InChI=1S/C28H23FN4O3/c29-23-5-1-4-22(14-23)18-32(17-21-10-8-20(16-30)9-11-21)19-28(34)33-25(27-7-3-13-36-27)15-24(31-33)26-6-2-12-35-26/h1-14,25H,15,17-19H2. The molecular formula is C28H23FN4O3. The van der Waals surface area contributed by atoms with Gasteiger partial charge < -0.3 is 8.83 Å². The number of hydrazone groups is 1. The quantitative estimate of drug-likeness (QED) is 0.342. The Kier molecular flexibility index (Phi) is 6.74. The summed E-state index contributed by atoms with van der Waals surface area (Å²) in [5.74, 6) is 0.693. The maximum atomic E-state index is 13.9. The van der Waals surface area contributed by atoms with Gasteiger partial charge in [-0.05, 0) is 59.7 Å². The molecule has 0 radical (unpaired) electrons. The van der Waals surface area contributed by atoms with Crippen molar-refractivity contribution >= 4 is 11.6 Å². The molecule has 1 aliphatic rings. The van der Waals surface area contributed by atoms with Gasteiger partial charge in [0, 0.05) is 19.5 Å². The molecule has 0 spiro atoms. The molecule has 3 heterocycles. The summed E-state index contributed by atoms with van der Waals surface area (Å²) in [5, 5.41) is 15.1. The Morgan fingerprint density at radius 2 is 1.81 bits per heavy atom.